The van der Waals surface area contributed by atoms with Crippen molar-refractivity contribution < 1.29 is 19.1 Å². The summed E-state index contributed by atoms with van der Waals surface area (Å²) in [7, 11) is 1.59. The monoisotopic (exact) mass is 436 g/mol. The Morgan fingerprint density at radius 2 is 1.78 bits per heavy atom. The number of primary amides is 1. The van der Waals surface area contributed by atoms with Crippen LogP contribution >= 0.6 is 0 Å². The van der Waals surface area contributed by atoms with Gasteiger partial charge in [0.15, 0.2) is 0 Å². The highest BCUT2D eigenvalue weighted by molar-refractivity contribution is 6.03. The van der Waals surface area contributed by atoms with Crippen LogP contribution in [-0.2, 0) is 9.59 Å². The molecule has 1 unspecified atom stereocenters. The number of nitrogens with one attached hydrogen (secondary N) is 2. The molecule has 0 aliphatic carbocycles. The van der Waals surface area contributed by atoms with Gasteiger partial charge in [0.25, 0.3) is 0 Å². The summed E-state index contributed by atoms with van der Waals surface area (Å²) in [5.74, 6) is -0.628. The third kappa shape index (κ3) is 5.87. The molecule has 1 aliphatic heterocycles. The molecule has 0 radical (unpaired) electrons. The minimum Gasteiger partial charge on any atom is -0.497 e. The van der Waals surface area contributed by atoms with E-state index >= 15 is 0 Å². The zero-order valence-corrected chi connectivity index (χ0v) is 18.3. The molecule has 2 aromatic rings. The molecule has 1 saturated heterocycles. The zero-order chi connectivity index (χ0) is 23.1. The van der Waals surface area contributed by atoms with Crippen LogP contribution in [0.1, 0.15) is 35.7 Å². The number of nitrogens with two attached hydrogens (primary N) is 1. The van der Waals surface area contributed by atoms with Crippen LogP contribution in [-0.4, -0.2) is 44.0 Å². The van der Waals surface area contributed by atoms with E-state index in [9.17, 15) is 14.4 Å². The molecule has 1 fully saturated rings. The summed E-state index contributed by atoms with van der Waals surface area (Å²) < 4.78 is 5.11. The van der Waals surface area contributed by atoms with E-state index in [4.69, 9.17) is 10.5 Å². The van der Waals surface area contributed by atoms with Crippen LogP contribution in [0.3, 0.4) is 0 Å². The Labute approximate surface area is 187 Å². The van der Waals surface area contributed by atoms with Gasteiger partial charge in [-0.2, -0.15) is 0 Å². The molecule has 2 aromatic carbocycles. The fraction of sp³-hybridized carbons (Fsp3) is 0.292. The van der Waals surface area contributed by atoms with Gasteiger partial charge in [-0.15, -0.1) is 0 Å². The first-order valence-corrected chi connectivity index (χ1v) is 10.5. The predicted octanol–water partition coefficient (Wildman–Crippen LogP) is 2.55. The van der Waals surface area contributed by atoms with Crippen LogP contribution in [0.2, 0.25) is 0 Å². The molecule has 32 heavy (non-hydrogen) atoms. The highest BCUT2D eigenvalue weighted by Gasteiger charge is 2.21. The SMILES string of the molecule is COc1ccc(/C=C/C(=O)NC(C)C(=O)Nc2cc(C(N)=O)ccc2N2CCCC2)cc1. The van der Waals surface area contributed by atoms with Crippen LogP contribution in [0.5, 0.6) is 5.75 Å². The van der Waals surface area contributed by atoms with Gasteiger partial charge in [0, 0.05) is 24.7 Å². The first kappa shape index (κ1) is 22.9. The Kier molecular flexibility index (Phi) is 7.49. The quantitative estimate of drug-likeness (QED) is 0.551. The van der Waals surface area contributed by atoms with Crippen molar-refractivity contribution in [1.82, 2.24) is 5.32 Å². The Hall–Kier alpha value is -3.81. The fourth-order valence-electron chi connectivity index (χ4n) is 3.48. The van der Waals surface area contributed by atoms with E-state index in [1.54, 1.807) is 50.4 Å². The molecule has 1 aliphatic rings. The number of rotatable bonds is 8. The molecule has 3 rings (SSSR count). The normalized spacial score (nSPS) is 14.2. The summed E-state index contributed by atoms with van der Waals surface area (Å²) in [6.45, 7) is 3.35. The highest BCUT2D eigenvalue weighted by Crippen LogP contribution is 2.30. The van der Waals surface area contributed by atoms with Crippen molar-refractivity contribution in [3.8, 4) is 5.75 Å². The summed E-state index contributed by atoms with van der Waals surface area (Å²) in [6.07, 6.45) is 5.16. The van der Waals surface area contributed by atoms with Gasteiger partial charge < -0.3 is 26.0 Å². The maximum absolute atomic E-state index is 12.7. The molecule has 0 spiro atoms. The van der Waals surface area contributed by atoms with Crippen LogP contribution < -0.4 is 26.0 Å². The van der Waals surface area contributed by atoms with Gasteiger partial charge in [0.2, 0.25) is 17.7 Å². The number of benzene rings is 2. The summed E-state index contributed by atoms with van der Waals surface area (Å²) >= 11 is 0. The Morgan fingerprint density at radius 1 is 1.09 bits per heavy atom. The van der Waals surface area contributed by atoms with E-state index in [2.05, 4.69) is 15.5 Å². The van der Waals surface area contributed by atoms with Crippen LogP contribution in [0.25, 0.3) is 6.08 Å². The van der Waals surface area contributed by atoms with Gasteiger partial charge in [-0.3, -0.25) is 14.4 Å². The number of hydrogen-bond donors (Lipinski definition) is 3. The molecule has 0 saturated carbocycles. The van der Waals surface area contributed by atoms with Crippen molar-refractivity contribution in [2.45, 2.75) is 25.8 Å². The summed E-state index contributed by atoms with van der Waals surface area (Å²) in [6, 6.07) is 11.5. The maximum atomic E-state index is 12.7. The molecule has 8 nitrogen and oxygen atoms in total. The molecular weight excluding hydrogens is 408 g/mol. The van der Waals surface area contributed by atoms with Gasteiger partial charge in [0.1, 0.15) is 11.8 Å². The molecule has 168 valence electrons. The summed E-state index contributed by atoms with van der Waals surface area (Å²) in [4.78, 5) is 38.8. The van der Waals surface area contributed by atoms with Crippen LogP contribution in [0.4, 0.5) is 11.4 Å². The van der Waals surface area contributed by atoms with Crippen molar-refractivity contribution in [2.24, 2.45) is 5.73 Å². The average Bonchev–Trinajstić information content (AvgIpc) is 3.32. The number of carbonyl (C=O) groups is 3. The Morgan fingerprint density at radius 3 is 2.41 bits per heavy atom. The maximum Gasteiger partial charge on any atom is 0.248 e. The van der Waals surface area contributed by atoms with Gasteiger partial charge in [-0.1, -0.05) is 12.1 Å². The number of methoxy groups -OCH3 is 1. The minimum atomic E-state index is -0.785. The summed E-state index contributed by atoms with van der Waals surface area (Å²) in [5, 5.41) is 5.48. The van der Waals surface area contributed by atoms with Crippen molar-refractivity contribution in [2.75, 3.05) is 30.4 Å². The number of ether oxygens (including phenoxy) is 1. The van der Waals surface area contributed by atoms with Gasteiger partial charge in [-0.25, -0.2) is 0 Å². The molecule has 4 N–H and O–H groups in total. The largest absolute Gasteiger partial charge is 0.497 e. The summed E-state index contributed by atoms with van der Waals surface area (Å²) in [5.41, 5.74) is 7.88. The topological polar surface area (TPSA) is 114 Å². The van der Waals surface area contributed by atoms with Gasteiger partial charge in [-0.05, 0) is 61.7 Å². The Balaban J connectivity index is 1.65. The first-order chi connectivity index (χ1) is 15.4. The lowest BCUT2D eigenvalue weighted by atomic mass is 10.1. The smallest absolute Gasteiger partial charge is 0.248 e. The Bertz CT molecular complexity index is 1010. The van der Waals surface area contributed by atoms with E-state index in [-0.39, 0.29) is 0 Å². The zero-order valence-electron chi connectivity index (χ0n) is 18.3. The second kappa shape index (κ2) is 10.5. The lowest BCUT2D eigenvalue weighted by Gasteiger charge is -2.23. The minimum absolute atomic E-state index is 0.308. The molecule has 1 atom stereocenters. The molecule has 1 heterocycles. The fourth-order valence-corrected chi connectivity index (χ4v) is 3.48. The molecule has 3 amide bonds. The standard InChI is InChI=1S/C24H28N4O4/c1-16(26-22(29)12-7-17-5-9-19(32-2)10-6-17)24(31)27-20-15-18(23(25)30)8-11-21(20)28-13-3-4-14-28/h5-12,15-16H,3-4,13-14H2,1-2H3,(H2,25,30)(H,26,29)(H,27,31)/b12-7+. The van der Waals surface area contributed by atoms with Gasteiger partial charge in [0.05, 0.1) is 18.5 Å². The second-order valence-corrected chi connectivity index (χ2v) is 7.62. The first-order valence-electron chi connectivity index (χ1n) is 10.5. The number of hydrogen-bond acceptors (Lipinski definition) is 5. The number of carbonyl (C=O) groups excluding carboxylic acids is 3. The van der Waals surface area contributed by atoms with E-state index in [0.29, 0.717) is 11.3 Å². The third-order valence-corrected chi connectivity index (χ3v) is 5.28. The van der Waals surface area contributed by atoms with Crippen LogP contribution in [0.15, 0.2) is 48.5 Å². The number of anilines is 2. The molecular formula is C24H28N4O4. The lowest BCUT2D eigenvalue weighted by molar-refractivity contribution is -0.123. The highest BCUT2D eigenvalue weighted by atomic mass is 16.5. The van der Waals surface area contributed by atoms with Crippen molar-refractivity contribution in [3.63, 3.8) is 0 Å². The predicted molar refractivity (Wildman–Crippen MR) is 125 cm³/mol. The van der Waals surface area contributed by atoms with Crippen molar-refractivity contribution in [3.05, 3.63) is 59.7 Å². The van der Waals surface area contributed by atoms with E-state index in [1.165, 1.54) is 6.08 Å². The number of nitrogens with zero attached hydrogens (tertiary/aromatic N) is 1. The van der Waals surface area contributed by atoms with E-state index in [0.717, 1.165) is 42.9 Å². The molecule has 0 aromatic heterocycles. The van der Waals surface area contributed by atoms with Crippen molar-refractivity contribution in [1.29, 1.82) is 0 Å². The number of amides is 3. The molecule has 0 bridgehead atoms. The van der Waals surface area contributed by atoms with E-state index < -0.39 is 23.8 Å². The average molecular weight is 437 g/mol. The van der Waals surface area contributed by atoms with E-state index in [1.807, 2.05) is 12.1 Å². The van der Waals surface area contributed by atoms with Crippen LogP contribution in [0, 0.1) is 0 Å². The lowest BCUT2D eigenvalue weighted by Crippen LogP contribution is -2.41. The third-order valence-electron chi connectivity index (χ3n) is 5.28. The molecule has 8 heteroatoms. The second-order valence-electron chi connectivity index (χ2n) is 7.62. The van der Waals surface area contributed by atoms with Gasteiger partial charge >= 0.3 is 0 Å². The van der Waals surface area contributed by atoms with Crippen molar-refractivity contribution >= 4 is 35.2 Å².